The minimum atomic E-state index is -0.579. The maximum absolute atomic E-state index is 11.1. The van der Waals surface area contributed by atoms with Crippen molar-refractivity contribution in [3.8, 4) is 0 Å². The van der Waals surface area contributed by atoms with E-state index in [1.165, 1.54) is 11.3 Å². The molecule has 7 heteroatoms. The number of ether oxygens (including phenoxy) is 1. The van der Waals surface area contributed by atoms with Crippen LogP contribution in [0, 0.1) is 0 Å². The van der Waals surface area contributed by atoms with Crippen LogP contribution in [0.2, 0.25) is 0 Å². The van der Waals surface area contributed by atoms with E-state index < -0.39 is 5.38 Å². The van der Waals surface area contributed by atoms with Crippen LogP contribution in [-0.2, 0) is 16.1 Å². The number of methoxy groups -OCH3 is 1. The van der Waals surface area contributed by atoms with Crippen molar-refractivity contribution in [3.05, 3.63) is 5.01 Å². The standard InChI is InChI=1S/C7H10ClN3O2S/c1-4(8)6(12)9-7-11-10-5(14-7)3-13-2/h4H,3H2,1-2H3,(H,9,11,12). The number of aromatic nitrogens is 2. The number of nitrogens with one attached hydrogen (secondary N) is 1. The minimum absolute atomic E-state index is 0.285. The van der Waals surface area contributed by atoms with Gasteiger partial charge in [-0.05, 0) is 6.92 Å². The highest BCUT2D eigenvalue weighted by atomic mass is 35.5. The molecule has 14 heavy (non-hydrogen) atoms. The van der Waals surface area contributed by atoms with Crippen molar-refractivity contribution in [1.82, 2.24) is 10.2 Å². The molecule has 0 saturated heterocycles. The van der Waals surface area contributed by atoms with E-state index in [4.69, 9.17) is 16.3 Å². The first kappa shape index (κ1) is 11.4. The van der Waals surface area contributed by atoms with Gasteiger partial charge in [0.1, 0.15) is 17.0 Å². The van der Waals surface area contributed by atoms with Crippen LogP contribution in [0.15, 0.2) is 0 Å². The van der Waals surface area contributed by atoms with Crippen LogP contribution in [0.4, 0.5) is 5.13 Å². The Bertz CT molecular complexity index is 316. The number of alkyl halides is 1. The van der Waals surface area contributed by atoms with Crippen LogP contribution in [0.5, 0.6) is 0 Å². The second kappa shape index (κ2) is 5.23. The average molecular weight is 236 g/mol. The van der Waals surface area contributed by atoms with E-state index in [0.29, 0.717) is 16.7 Å². The van der Waals surface area contributed by atoms with Gasteiger partial charge in [-0.15, -0.1) is 21.8 Å². The lowest BCUT2D eigenvalue weighted by molar-refractivity contribution is -0.115. The summed E-state index contributed by atoms with van der Waals surface area (Å²) < 4.78 is 4.86. The van der Waals surface area contributed by atoms with Crippen LogP contribution in [0.25, 0.3) is 0 Å². The summed E-state index contributed by atoms with van der Waals surface area (Å²) in [6, 6.07) is 0. The Labute approximate surface area is 90.4 Å². The number of hydrogen-bond acceptors (Lipinski definition) is 5. The molecule has 0 aromatic carbocycles. The molecule has 1 heterocycles. The highest BCUT2D eigenvalue weighted by Gasteiger charge is 2.12. The Kier molecular flexibility index (Phi) is 4.24. The predicted octanol–water partition coefficient (Wildman–Crippen LogP) is 1.25. The molecule has 1 N–H and O–H groups in total. The summed E-state index contributed by atoms with van der Waals surface area (Å²) >= 11 is 6.83. The van der Waals surface area contributed by atoms with Crippen molar-refractivity contribution in [3.63, 3.8) is 0 Å². The predicted molar refractivity (Wildman–Crippen MR) is 54.6 cm³/mol. The summed E-state index contributed by atoms with van der Waals surface area (Å²) in [6.45, 7) is 1.98. The van der Waals surface area contributed by atoms with Gasteiger partial charge in [0.15, 0.2) is 0 Å². The van der Waals surface area contributed by atoms with Gasteiger partial charge >= 0.3 is 0 Å². The molecule has 0 fully saturated rings. The van der Waals surface area contributed by atoms with Gasteiger partial charge in [-0.1, -0.05) is 11.3 Å². The molecule has 78 valence electrons. The molecular formula is C7H10ClN3O2S. The zero-order chi connectivity index (χ0) is 10.6. The summed E-state index contributed by atoms with van der Waals surface area (Å²) in [5.41, 5.74) is 0. The Morgan fingerprint density at radius 1 is 1.71 bits per heavy atom. The second-order valence-corrected chi connectivity index (χ2v) is 4.26. The third kappa shape index (κ3) is 3.21. The van der Waals surface area contributed by atoms with E-state index >= 15 is 0 Å². The van der Waals surface area contributed by atoms with Gasteiger partial charge in [0.25, 0.3) is 0 Å². The molecule has 1 rings (SSSR count). The normalized spacial score (nSPS) is 12.5. The van der Waals surface area contributed by atoms with Gasteiger partial charge in [0.2, 0.25) is 11.0 Å². The highest BCUT2D eigenvalue weighted by molar-refractivity contribution is 7.15. The van der Waals surface area contributed by atoms with Gasteiger partial charge in [-0.3, -0.25) is 10.1 Å². The largest absolute Gasteiger partial charge is 0.377 e. The molecule has 0 saturated carbocycles. The fraction of sp³-hybridized carbons (Fsp3) is 0.571. The average Bonchev–Trinajstić information content (AvgIpc) is 2.53. The Morgan fingerprint density at radius 2 is 2.43 bits per heavy atom. The van der Waals surface area contributed by atoms with Gasteiger partial charge in [0, 0.05) is 7.11 Å². The van der Waals surface area contributed by atoms with Crippen molar-refractivity contribution in [1.29, 1.82) is 0 Å². The number of halogens is 1. The molecule has 1 amide bonds. The number of carbonyl (C=O) groups is 1. The van der Waals surface area contributed by atoms with Gasteiger partial charge in [-0.25, -0.2) is 0 Å². The molecule has 0 aliphatic rings. The molecule has 0 aliphatic heterocycles. The van der Waals surface area contributed by atoms with Crippen molar-refractivity contribution < 1.29 is 9.53 Å². The number of hydrogen-bond donors (Lipinski definition) is 1. The molecule has 0 spiro atoms. The molecule has 5 nitrogen and oxygen atoms in total. The monoisotopic (exact) mass is 235 g/mol. The summed E-state index contributed by atoms with van der Waals surface area (Å²) in [5.74, 6) is -0.285. The van der Waals surface area contributed by atoms with E-state index in [1.807, 2.05) is 0 Å². The lowest BCUT2D eigenvalue weighted by Crippen LogP contribution is -2.20. The fourth-order valence-corrected chi connectivity index (χ4v) is 1.46. The molecular weight excluding hydrogens is 226 g/mol. The topological polar surface area (TPSA) is 64.1 Å². The number of nitrogens with zero attached hydrogens (tertiary/aromatic N) is 2. The Balaban J connectivity index is 2.55. The van der Waals surface area contributed by atoms with Gasteiger partial charge in [-0.2, -0.15) is 0 Å². The van der Waals surface area contributed by atoms with Gasteiger partial charge in [0.05, 0.1) is 0 Å². The molecule has 1 unspecified atom stereocenters. The lowest BCUT2D eigenvalue weighted by Gasteiger charge is -2.00. The third-order valence-electron chi connectivity index (χ3n) is 1.33. The van der Waals surface area contributed by atoms with E-state index in [1.54, 1.807) is 14.0 Å². The quantitative estimate of drug-likeness (QED) is 0.798. The minimum Gasteiger partial charge on any atom is -0.377 e. The summed E-state index contributed by atoms with van der Waals surface area (Å²) in [5, 5.41) is 10.7. The van der Waals surface area contributed by atoms with Crippen LogP contribution >= 0.6 is 22.9 Å². The first-order valence-corrected chi connectivity index (χ1v) is 5.15. The smallest absolute Gasteiger partial charge is 0.243 e. The second-order valence-electron chi connectivity index (χ2n) is 2.54. The van der Waals surface area contributed by atoms with Crippen molar-refractivity contribution >= 4 is 34.0 Å². The molecule has 0 bridgehead atoms. The maximum Gasteiger partial charge on any atom is 0.243 e. The fourth-order valence-electron chi connectivity index (χ4n) is 0.691. The van der Waals surface area contributed by atoms with E-state index in [2.05, 4.69) is 15.5 Å². The first-order valence-electron chi connectivity index (χ1n) is 3.89. The van der Waals surface area contributed by atoms with E-state index in [0.717, 1.165) is 0 Å². The number of anilines is 1. The Hall–Kier alpha value is -0.720. The van der Waals surface area contributed by atoms with E-state index in [9.17, 15) is 4.79 Å². The Morgan fingerprint density at radius 3 is 3.00 bits per heavy atom. The van der Waals surface area contributed by atoms with Crippen LogP contribution in [-0.4, -0.2) is 28.6 Å². The maximum atomic E-state index is 11.1. The summed E-state index contributed by atoms with van der Waals surface area (Å²) in [7, 11) is 1.57. The number of amides is 1. The highest BCUT2D eigenvalue weighted by Crippen LogP contribution is 2.16. The summed E-state index contributed by atoms with van der Waals surface area (Å²) in [6.07, 6.45) is 0. The van der Waals surface area contributed by atoms with Crippen molar-refractivity contribution in [2.75, 3.05) is 12.4 Å². The lowest BCUT2D eigenvalue weighted by atomic mass is 10.4. The SMILES string of the molecule is COCc1nnc(NC(=O)C(C)Cl)s1. The van der Waals surface area contributed by atoms with Crippen molar-refractivity contribution in [2.45, 2.75) is 18.9 Å². The first-order chi connectivity index (χ1) is 6.63. The van der Waals surface area contributed by atoms with Crippen LogP contribution in [0.1, 0.15) is 11.9 Å². The summed E-state index contributed by atoms with van der Waals surface area (Å²) in [4.78, 5) is 11.1. The van der Waals surface area contributed by atoms with Gasteiger partial charge < -0.3 is 4.74 Å². The zero-order valence-electron chi connectivity index (χ0n) is 7.78. The molecule has 1 aromatic heterocycles. The number of rotatable bonds is 4. The third-order valence-corrected chi connectivity index (χ3v) is 2.34. The molecule has 0 radical (unpaired) electrons. The van der Waals surface area contributed by atoms with Crippen LogP contribution in [0.3, 0.4) is 0 Å². The van der Waals surface area contributed by atoms with Crippen molar-refractivity contribution in [2.24, 2.45) is 0 Å². The molecule has 1 aromatic rings. The van der Waals surface area contributed by atoms with E-state index in [-0.39, 0.29) is 5.91 Å². The molecule has 0 aliphatic carbocycles. The zero-order valence-corrected chi connectivity index (χ0v) is 9.35. The van der Waals surface area contributed by atoms with Crippen LogP contribution < -0.4 is 5.32 Å². The molecule has 1 atom stereocenters. The number of carbonyl (C=O) groups excluding carboxylic acids is 1.